The van der Waals surface area contributed by atoms with E-state index in [9.17, 15) is 19.5 Å². The van der Waals surface area contributed by atoms with Gasteiger partial charge in [0.05, 0.1) is 10.6 Å². The number of phenols is 1. The monoisotopic (exact) mass is 382 g/mol. The first kappa shape index (κ1) is 18.6. The van der Waals surface area contributed by atoms with Crippen molar-refractivity contribution in [3.63, 3.8) is 0 Å². The number of rotatable bonds is 4. The van der Waals surface area contributed by atoms with E-state index in [0.717, 1.165) is 0 Å². The molecule has 0 bridgehead atoms. The Hall–Kier alpha value is -2.77. The van der Waals surface area contributed by atoms with Gasteiger partial charge in [-0.3, -0.25) is 20.4 Å². The quantitative estimate of drug-likeness (QED) is 0.555. The van der Waals surface area contributed by atoms with Gasteiger partial charge in [-0.2, -0.15) is 0 Å². The number of aromatic hydroxyl groups is 1. The van der Waals surface area contributed by atoms with E-state index in [2.05, 4.69) is 10.9 Å². The van der Waals surface area contributed by atoms with Gasteiger partial charge in [0, 0.05) is 5.02 Å². The molecule has 130 valence electrons. The number of esters is 1. The summed E-state index contributed by atoms with van der Waals surface area (Å²) in [6.07, 6.45) is 0. The van der Waals surface area contributed by atoms with Crippen LogP contribution in [0.1, 0.15) is 20.7 Å². The van der Waals surface area contributed by atoms with Gasteiger partial charge in [0.15, 0.2) is 6.61 Å². The van der Waals surface area contributed by atoms with Gasteiger partial charge in [-0.05, 0) is 30.3 Å². The number of hydrogen-bond donors (Lipinski definition) is 3. The van der Waals surface area contributed by atoms with Gasteiger partial charge < -0.3 is 9.84 Å². The molecule has 0 fully saturated rings. The molecule has 2 amide bonds. The summed E-state index contributed by atoms with van der Waals surface area (Å²) in [5, 5.41) is 10.1. The minimum Gasteiger partial charge on any atom is -0.507 e. The molecular weight excluding hydrogens is 371 g/mol. The van der Waals surface area contributed by atoms with Crippen LogP contribution in [0.2, 0.25) is 10.0 Å². The van der Waals surface area contributed by atoms with E-state index < -0.39 is 24.4 Å². The summed E-state index contributed by atoms with van der Waals surface area (Å²) in [7, 11) is 0. The van der Waals surface area contributed by atoms with Crippen molar-refractivity contribution in [2.24, 2.45) is 0 Å². The maximum absolute atomic E-state index is 11.8. The first-order valence-corrected chi connectivity index (χ1v) is 7.63. The summed E-state index contributed by atoms with van der Waals surface area (Å²) in [4.78, 5) is 35.2. The fourth-order valence-electron chi connectivity index (χ4n) is 1.76. The molecule has 0 atom stereocenters. The molecule has 0 aliphatic carbocycles. The van der Waals surface area contributed by atoms with Crippen LogP contribution >= 0.6 is 23.2 Å². The molecule has 0 spiro atoms. The zero-order valence-corrected chi connectivity index (χ0v) is 14.1. The molecule has 0 aliphatic heterocycles. The largest absolute Gasteiger partial charge is 0.507 e. The van der Waals surface area contributed by atoms with Crippen LogP contribution in [-0.2, 0) is 9.53 Å². The van der Waals surface area contributed by atoms with Crippen molar-refractivity contribution >= 4 is 41.0 Å². The SMILES string of the molecule is O=C(COC(=O)c1ccc(Cl)cc1O)NNC(=O)c1ccccc1Cl. The number of benzene rings is 2. The molecule has 7 nitrogen and oxygen atoms in total. The number of hydrogen-bond acceptors (Lipinski definition) is 5. The maximum Gasteiger partial charge on any atom is 0.342 e. The van der Waals surface area contributed by atoms with Gasteiger partial charge in [-0.15, -0.1) is 0 Å². The number of halogens is 2. The minimum absolute atomic E-state index is 0.141. The first-order chi connectivity index (χ1) is 11.9. The van der Waals surface area contributed by atoms with Gasteiger partial charge in [0.2, 0.25) is 0 Å². The van der Waals surface area contributed by atoms with E-state index in [4.69, 9.17) is 27.9 Å². The minimum atomic E-state index is -0.915. The Balaban J connectivity index is 1.83. The Labute approximate surface area is 152 Å². The summed E-state index contributed by atoms with van der Waals surface area (Å²) in [6, 6.07) is 10.1. The van der Waals surface area contributed by atoms with Crippen LogP contribution in [0.15, 0.2) is 42.5 Å². The second kappa shape index (κ2) is 8.36. The number of ether oxygens (including phenoxy) is 1. The molecule has 0 aromatic heterocycles. The summed E-state index contributed by atoms with van der Waals surface area (Å²) >= 11 is 11.5. The third-order valence-corrected chi connectivity index (χ3v) is 3.51. The van der Waals surface area contributed by atoms with E-state index in [1.54, 1.807) is 12.1 Å². The topological polar surface area (TPSA) is 105 Å². The van der Waals surface area contributed by atoms with Crippen molar-refractivity contribution in [2.75, 3.05) is 6.61 Å². The predicted molar refractivity (Wildman–Crippen MR) is 90.5 cm³/mol. The maximum atomic E-state index is 11.8. The van der Waals surface area contributed by atoms with Crippen molar-refractivity contribution in [2.45, 2.75) is 0 Å². The average Bonchev–Trinajstić information content (AvgIpc) is 2.58. The zero-order valence-electron chi connectivity index (χ0n) is 12.6. The lowest BCUT2D eigenvalue weighted by Gasteiger charge is -2.09. The van der Waals surface area contributed by atoms with Gasteiger partial charge >= 0.3 is 5.97 Å². The van der Waals surface area contributed by atoms with Crippen molar-refractivity contribution < 1.29 is 24.2 Å². The van der Waals surface area contributed by atoms with Crippen LogP contribution in [0.4, 0.5) is 0 Å². The number of amides is 2. The van der Waals surface area contributed by atoms with E-state index in [0.29, 0.717) is 0 Å². The highest BCUT2D eigenvalue weighted by Crippen LogP contribution is 2.22. The predicted octanol–water partition coefficient (Wildman–Crippen LogP) is 2.32. The van der Waals surface area contributed by atoms with Crippen LogP contribution in [0.3, 0.4) is 0 Å². The molecule has 25 heavy (non-hydrogen) atoms. The fraction of sp³-hybridized carbons (Fsp3) is 0.0625. The molecule has 0 unspecified atom stereocenters. The van der Waals surface area contributed by atoms with Crippen LogP contribution < -0.4 is 10.9 Å². The molecule has 0 saturated carbocycles. The Morgan fingerprint density at radius 2 is 1.72 bits per heavy atom. The molecule has 9 heteroatoms. The number of carbonyl (C=O) groups is 3. The molecule has 2 aromatic carbocycles. The highest BCUT2D eigenvalue weighted by atomic mass is 35.5. The summed E-state index contributed by atoms with van der Waals surface area (Å²) < 4.78 is 4.74. The Kier molecular flexibility index (Phi) is 6.21. The Bertz CT molecular complexity index is 826. The second-order valence-electron chi connectivity index (χ2n) is 4.72. The van der Waals surface area contributed by atoms with E-state index in [1.165, 1.54) is 30.3 Å². The van der Waals surface area contributed by atoms with Crippen LogP contribution in [-0.4, -0.2) is 29.5 Å². The van der Waals surface area contributed by atoms with Crippen LogP contribution in [0.25, 0.3) is 0 Å². The number of phenolic OH excluding ortho intramolecular Hbond substituents is 1. The Morgan fingerprint density at radius 3 is 2.40 bits per heavy atom. The lowest BCUT2D eigenvalue weighted by atomic mass is 10.2. The van der Waals surface area contributed by atoms with Gasteiger partial charge in [-0.25, -0.2) is 4.79 Å². The average molecular weight is 383 g/mol. The number of nitrogens with one attached hydrogen (secondary N) is 2. The number of hydrazine groups is 1. The smallest absolute Gasteiger partial charge is 0.342 e. The first-order valence-electron chi connectivity index (χ1n) is 6.88. The van der Waals surface area contributed by atoms with Crippen molar-refractivity contribution in [3.05, 3.63) is 63.6 Å². The molecular formula is C16H12Cl2N2O5. The molecule has 0 radical (unpaired) electrons. The zero-order chi connectivity index (χ0) is 18.4. The number of carbonyl (C=O) groups excluding carboxylic acids is 3. The highest BCUT2D eigenvalue weighted by Gasteiger charge is 2.15. The molecule has 0 aliphatic rings. The van der Waals surface area contributed by atoms with Crippen LogP contribution in [0.5, 0.6) is 5.75 Å². The third-order valence-electron chi connectivity index (χ3n) is 2.95. The summed E-state index contributed by atoms with van der Waals surface area (Å²) in [5.74, 6) is -2.69. The summed E-state index contributed by atoms with van der Waals surface area (Å²) in [6.45, 7) is -0.663. The van der Waals surface area contributed by atoms with Crippen molar-refractivity contribution in [3.8, 4) is 5.75 Å². The standard InChI is InChI=1S/C16H12Cl2N2O5/c17-9-5-6-11(13(21)7-9)16(24)25-8-14(22)19-20-15(23)10-3-1-2-4-12(10)18/h1-7,21H,8H2,(H,19,22)(H,20,23). The highest BCUT2D eigenvalue weighted by molar-refractivity contribution is 6.33. The summed E-state index contributed by atoms with van der Waals surface area (Å²) in [5.41, 5.74) is 4.25. The molecule has 2 rings (SSSR count). The van der Waals surface area contributed by atoms with Gasteiger partial charge in [0.25, 0.3) is 11.8 Å². The molecule has 0 heterocycles. The van der Waals surface area contributed by atoms with E-state index in [-0.39, 0.29) is 26.9 Å². The van der Waals surface area contributed by atoms with E-state index in [1.807, 2.05) is 0 Å². The molecule has 0 saturated heterocycles. The second-order valence-corrected chi connectivity index (χ2v) is 5.56. The third kappa shape index (κ3) is 5.10. The van der Waals surface area contributed by atoms with Crippen molar-refractivity contribution in [1.82, 2.24) is 10.9 Å². The lowest BCUT2D eigenvalue weighted by molar-refractivity contribution is -0.125. The Morgan fingerprint density at radius 1 is 1.00 bits per heavy atom. The lowest BCUT2D eigenvalue weighted by Crippen LogP contribution is -2.43. The molecule has 2 aromatic rings. The van der Waals surface area contributed by atoms with Crippen molar-refractivity contribution in [1.29, 1.82) is 0 Å². The normalized spacial score (nSPS) is 10.0. The van der Waals surface area contributed by atoms with Crippen LogP contribution in [0, 0.1) is 0 Å². The van der Waals surface area contributed by atoms with E-state index >= 15 is 0 Å². The molecule has 3 N–H and O–H groups in total. The van der Waals surface area contributed by atoms with Gasteiger partial charge in [-0.1, -0.05) is 35.3 Å². The fourth-order valence-corrected chi connectivity index (χ4v) is 2.15. The van der Waals surface area contributed by atoms with Gasteiger partial charge in [0.1, 0.15) is 11.3 Å².